The Bertz CT molecular complexity index is 721. The van der Waals surface area contributed by atoms with Crippen molar-refractivity contribution in [3.05, 3.63) is 61.1 Å². The van der Waals surface area contributed by atoms with Crippen LogP contribution in [0.1, 0.15) is 5.56 Å². The Morgan fingerprint density at radius 2 is 2.05 bits per heavy atom. The maximum absolute atomic E-state index is 4.43. The highest BCUT2D eigenvalue weighted by Crippen LogP contribution is 2.24. The summed E-state index contributed by atoms with van der Waals surface area (Å²) in [6, 6.07) is 10.2. The zero-order valence-corrected chi connectivity index (χ0v) is 11.8. The van der Waals surface area contributed by atoms with E-state index in [-0.39, 0.29) is 0 Å². The van der Waals surface area contributed by atoms with Gasteiger partial charge in [-0.05, 0) is 5.56 Å². The lowest BCUT2D eigenvalue weighted by Gasteiger charge is -2.03. The van der Waals surface area contributed by atoms with Crippen molar-refractivity contribution < 1.29 is 0 Å². The van der Waals surface area contributed by atoms with Crippen molar-refractivity contribution in [1.29, 1.82) is 0 Å². The molecule has 0 aliphatic rings. The molecule has 0 fully saturated rings. The number of benzene rings is 1. The van der Waals surface area contributed by atoms with Crippen LogP contribution >= 0.6 is 11.8 Å². The molecule has 0 spiro atoms. The Balaban J connectivity index is 1.95. The van der Waals surface area contributed by atoms with Gasteiger partial charge in [-0.3, -0.25) is 0 Å². The lowest BCUT2D eigenvalue weighted by Crippen LogP contribution is -2.02. The third kappa shape index (κ3) is 2.58. The average molecular weight is 282 g/mol. The molecule has 3 rings (SSSR count). The van der Waals surface area contributed by atoms with Crippen LogP contribution in [0, 0.1) is 0 Å². The highest BCUT2D eigenvalue weighted by molar-refractivity contribution is 7.99. The van der Waals surface area contributed by atoms with Crippen LogP contribution < -0.4 is 0 Å². The molecule has 20 heavy (non-hydrogen) atoms. The van der Waals surface area contributed by atoms with Crippen LogP contribution in [0.2, 0.25) is 0 Å². The van der Waals surface area contributed by atoms with Crippen molar-refractivity contribution in [3.8, 4) is 0 Å². The minimum Gasteiger partial charge on any atom is -0.243 e. The van der Waals surface area contributed by atoms with Crippen LogP contribution in [0.25, 0.3) is 11.0 Å². The molecule has 1 aromatic carbocycles. The molecular weight excluding hydrogens is 268 g/mol. The van der Waals surface area contributed by atoms with E-state index < -0.39 is 0 Å². The molecule has 0 radical (unpaired) electrons. The lowest BCUT2D eigenvalue weighted by molar-refractivity contribution is 0.703. The van der Waals surface area contributed by atoms with E-state index in [0.29, 0.717) is 6.54 Å². The van der Waals surface area contributed by atoms with Crippen LogP contribution in [0.4, 0.5) is 0 Å². The zero-order chi connectivity index (χ0) is 13.8. The van der Waals surface area contributed by atoms with Crippen LogP contribution in [0.5, 0.6) is 0 Å². The monoisotopic (exact) mass is 282 g/mol. The fraction of sp³-hybridized carbons (Fsp3) is 0.133. The van der Waals surface area contributed by atoms with Gasteiger partial charge in [-0.1, -0.05) is 36.4 Å². The molecule has 0 unspecified atom stereocenters. The first kappa shape index (κ1) is 12.9. The first-order valence-electron chi connectivity index (χ1n) is 6.32. The Morgan fingerprint density at radius 3 is 2.85 bits per heavy atom. The van der Waals surface area contributed by atoms with Crippen molar-refractivity contribution in [2.24, 2.45) is 0 Å². The molecule has 4 nitrogen and oxygen atoms in total. The van der Waals surface area contributed by atoms with Crippen LogP contribution in [0.15, 0.2) is 60.5 Å². The summed E-state index contributed by atoms with van der Waals surface area (Å²) >= 11 is 1.65. The predicted molar refractivity (Wildman–Crippen MR) is 81.8 cm³/mol. The summed E-state index contributed by atoms with van der Waals surface area (Å²) in [6.45, 7) is 4.45. The second-order valence-corrected chi connectivity index (χ2v) is 5.31. The minimum atomic E-state index is 0.715. The van der Waals surface area contributed by atoms with Gasteiger partial charge in [0.2, 0.25) is 0 Å². The van der Waals surface area contributed by atoms with Gasteiger partial charge in [-0.25, -0.2) is 14.6 Å². The van der Waals surface area contributed by atoms with E-state index in [0.717, 1.165) is 21.8 Å². The van der Waals surface area contributed by atoms with Gasteiger partial charge in [-0.2, -0.15) is 5.10 Å². The molecule has 2 aromatic heterocycles. The van der Waals surface area contributed by atoms with E-state index in [1.165, 1.54) is 5.56 Å². The number of aromatic nitrogens is 4. The highest BCUT2D eigenvalue weighted by Gasteiger charge is 2.09. The number of hydrogen-bond donors (Lipinski definition) is 0. The highest BCUT2D eigenvalue weighted by atomic mass is 32.2. The molecule has 2 heterocycles. The second-order valence-electron chi connectivity index (χ2n) is 4.30. The van der Waals surface area contributed by atoms with E-state index in [4.69, 9.17) is 0 Å². The SMILES string of the molecule is C=CCSc1ncnc2c1cnn2Cc1ccccc1. The number of fused-ring (bicyclic) bond motifs is 1. The van der Waals surface area contributed by atoms with E-state index in [1.54, 1.807) is 18.1 Å². The van der Waals surface area contributed by atoms with Crippen molar-refractivity contribution in [2.75, 3.05) is 5.75 Å². The van der Waals surface area contributed by atoms with Crippen molar-refractivity contribution in [1.82, 2.24) is 19.7 Å². The van der Waals surface area contributed by atoms with E-state index >= 15 is 0 Å². The van der Waals surface area contributed by atoms with Crippen LogP contribution in [-0.4, -0.2) is 25.5 Å². The largest absolute Gasteiger partial charge is 0.243 e. The Morgan fingerprint density at radius 1 is 1.20 bits per heavy atom. The third-order valence-corrected chi connectivity index (χ3v) is 3.91. The van der Waals surface area contributed by atoms with Crippen molar-refractivity contribution >= 4 is 22.8 Å². The quantitative estimate of drug-likeness (QED) is 0.409. The fourth-order valence-corrected chi connectivity index (χ4v) is 2.69. The Hall–Kier alpha value is -2.14. The second kappa shape index (κ2) is 5.88. The van der Waals surface area contributed by atoms with E-state index in [2.05, 4.69) is 33.8 Å². The van der Waals surface area contributed by atoms with E-state index in [9.17, 15) is 0 Å². The smallest absolute Gasteiger partial charge is 0.162 e. The van der Waals surface area contributed by atoms with Gasteiger partial charge in [0, 0.05) is 5.75 Å². The third-order valence-electron chi connectivity index (χ3n) is 2.91. The molecular formula is C15H14N4S. The Kier molecular flexibility index (Phi) is 3.78. The topological polar surface area (TPSA) is 43.6 Å². The summed E-state index contributed by atoms with van der Waals surface area (Å²) in [4.78, 5) is 8.67. The number of rotatable bonds is 5. The molecule has 3 aromatic rings. The molecule has 0 N–H and O–H groups in total. The normalized spacial score (nSPS) is 10.8. The maximum Gasteiger partial charge on any atom is 0.162 e. The molecule has 5 heteroatoms. The van der Waals surface area contributed by atoms with Gasteiger partial charge in [0.1, 0.15) is 11.4 Å². The lowest BCUT2D eigenvalue weighted by atomic mass is 10.2. The van der Waals surface area contributed by atoms with Gasteiger partial charge in [0.05, 0.1) is 18.1 Å². The minimum absolute atomic E-state index is 0.715. The first-order valence-corrected chi connectivity index (χ1v) is 7.31. The summed E-state index contributed by atoms with van der Waals surface area (Å²) in [5.74, 6) is 0.829. The van der Waals surface area contributed by atoms with Gasteiger partial charge in [0.15, 0.2) is 5.65 Å². The molecule has 0 saturated carbocycles. The van der Waals surface area contributed by atoms with Crippen molar-refractivity contribution in [3.63, 3.8) is 0 Å². The maximum atomic E-state index is 4.43. The summed E-state index contributed by atoms with van der Waals surface area (Å²) in [7, 11) is 0. The van der Waals surface area contributed by atoms with Crippen molar-refractivity contribution in [2.45, 2.75) is 11.6 Å². The number of hydrogen-bond acceptors (Lipinski definition) is 4. The fourth-order valence-electron chi connectivity index (χ4n) is 2.00. The van der Waals surface area contributed by atoms with Gasteiger partial charge in [-0.15, -0.1) is 18.3 Å². The molecule has 0 saturated heterocycles. The van der Waals surface area contributed by atoms with Crippen LogP contribution in [0.3, 0.4) is 0 Å². The molecule has 0 aliphatic heterocycles. The average Bonchev–Trinajstić information content (AvgIpc) is 2.90. The summed E-state index contributed by atoms with van der Waals surface area (Å²) in [6.07, 6.45) is 5.30. The standard InChI is InChI=1S/C15H14N4S/c1-2-8-20-15-13-9-18-19(14(13)16-11-17-15)10-12-6-4-3-5-7-12/h2-7,9,11H,1,8,10H2. The van der Waals surface area contributed by atoms with E-state index in [1.807, 2.05) is 35.2 Å². The van der Waals surface area contributed by atoms with Crippen LogP contribution in [-0.2, 0) is 6.54 Å². The summed E-state index contributed by atoms with van der Waals surface area (Å²) in [5.41, 5.74) is 2.08. The van der Waals surface area contributed by atoms with Gasteiger partial charge in [0.25, 0.3) is 0 Å². The Labute approximate surface area is 121 Å². The molecule has 0 amide bonds. The molecule has 0 aliphatic carbocycles. The summed E-state index contributed by atoms with van der Waals surface area (Å²) in [5, 5.41) is 6.38. The molecule has 0 bridgehead atoms. The number of thioether (sulfide) groups is 1. The van der Waals surface area contributed by atoms with Gasteiger partial charge >= 0.3 is 0 Å². The molecule has 0 atom stereocenters. The number of nitrogens with zero attached hydrogens (tertiary/aromatic N) is 4. The summed E-state index contributed by atoms with van der Waals surface area (Å²) < 4.78 is 1.91. The predicted octanol–water partition coefficient (Wildman–Crippen LogP) is 3.15. The zero-order valence-electron chi connectivity index (χ0n) is 10.9. The molecule has 100 valence electrons. The van der Waals surface area contributed by atoms with Gasteiger partial charge < -0.3 is 0 Å². The first-order chi connectivity index (χ1) is 9.88.